The zero-order valence-electron chi connectivity index (χ0n) is 11.7. The molecule has 0 spiro atoms. The molecule has 0 radical (unpaired) electrons. The summed E-state index contributed by atoms with van der Waals surface area (Å²) in [5.41, 5.74) is 8.74. The minimum absolute atomic E-state index is 0.104. The van der Waals surface area contributed by atoms with E-state index in [-0.39, 0.29) is 12.0 Å². The highest BCUT2D eigenvalue weighted by Gasteiger charge is 2.32. The third-order valence-electron chi connectivity index (χ3n) is 4.05. The fraction of sp³-hybridized carbons (Fsp3) is 0.294. The average molecular weight is 321 g/mol. The molecule has 2 aromatic carbocycles. The van der Waals surface area contributed by atoms with Crippen molar-refractivity contribution in [3.05, 3.63) is 69.7 Å². The molecule has 0 amide bonds. The molecule has 0 bridgehead atoms. The summed E-state index contributed by atoms with van der Waals surface area (Å²) in [6, 6.07) is 16.3. The molecule has 1 fully saturated rings. The summed E-state index contributed by atoms with van der Waals surface area (Å²) >= 11 is 12.3. The van der Waals surface area contributed by atoms with Crippen LogP contribution in [-0.2, 0) is 6.54 Å². The molecular formula is C17H18Cl2N2. The van der Waals surface area contributed by atoms with Gasteiger partial charge in [-0.25, -0.2) is 0 Å². The highest BCUT2D eigenvalue weighted by molar-refractivity contribution is 6.35. The second-order valence-electron chi connectivity index (χ2n) is 5.62. The Hall–Kier alpha value is -1.06. The van der Waals surface area contributed by atoms with E-state index in [1.165, 1.54) is 5.56 Å². The highest BCUT2D eigenvalue weighted by Crippen LogP contribution is 2.33. The van der Waals surface area contributed by atoms with Gasteiger partial charge in [0.1, 0.15) is 0 Å². The topological polar surface area (TPSA) is 29.3 Å². The lowest BCUT2D eigenvalue weighted by Crippen LogP contribution is -2.28. The molecule has 2 atom stereocenters. The van der Waals surface area contributed by atoms with Gasteiger partial charge in [0.2, 0.25) is 0 Å². The maximum atomic E-state index is 6.33. The van der Waals surface area contributed by atoms with Crippen molar-refractivity contribution in [3.63, 3.8) is 0 Å². The van der Waals surface area contributed by atoms with Crippen molar-refractivity contribution >= 4 is 23.2 Å². The van der Waals surface area contributed by atoms with Gasteiger partial charge in [-0.2, -0.15) is 0 Å². The highest BCUT2D eigenvalue weighted by atomic mass is 35.5. The zero-order chi connectivity index (χ0) is 14.8. The summed E-state index contributed by atoms with van der Waals surface area (Å²) in [5, 5.41) is 1.38. The van der Waals surface area contributed by atoms with Crippen LogP contribution in [0, 0.1) is 0 Å². The lowest BCUT2D eigenvalue weighted by Gasteiger charge is -2.17. The number of hydrogen-bond acceptors (Lipinski definition) is 2. The number of likely N-dealkylation sites (tertiary alicyclic amines) is 1. The first-order chi connectivity index (χ1) is 10.1. The van der Waals surface area contributed by atoms with Gasteiger partial charge in [0.25, 0.3) is 0 Å². The maximum Gasteiger partial charge on any atom is 0.0456 e. The number of benzene rings is 2. The lowest BCUT2D eigenvalue weighted by atomic mass is 9.95. The van der Waals surface area contributed by atoms with Gasteiger partial charge >= 0.3 is 0 Å². The lowest BCUT2D eigenvalue weighted by molar-refractivity contribution is 0.324. The van der Waals surface area contributed by atoms with E-state index in [9.17, 15) is 0 Å². The Kier molecular flexibility index (Phi) is 4.51. The summed E-state index contributed by atoms with van der Waals surface area (Å²) in [7, 11) is 0. The molecule has 1 aliphatic heterocycles. The molecule has 21 heavy (non-hydrogen) atoms. The predicted octanol–water partition coefficient (Wildman–Crippen LogP) is 3.92. The van der Waals surface area contributed by atoms with Crippen molar-refractivity contribution in [3.8, 4) is 0 Å². The van der Waals surface area contributed by atoms with Crippen LogP contribution in [0.1, 0.15) is 17.0 Å². The number of nitrogens with two attached hydrogens (primary N) is 1. The Bertz CT molecular complexity index is 615. The summed E-state index contributed by atoms with van der Waals surface area (Å²) in [4.78, 5) is 2.38. The fourth-order valence-corrected chi connectivity index (χ4v) is 3.56. The number of nitrogens with zero attached hydrogens (tertiary/aromatic N) is 1. The number of halogens is 2. The van der Waals surface area contributed by atoms with Gasteiger partial charge in [0.05, 0.1) is 0 Å². The first-order valence-electron chi connectivity index (χ1n) is 7.10. The fourth-order valence-electron chi connectivity index (χ4n) is 3.02. The molecular weight excluding hydrogens is 303 g/mol. The van der Waals surface area contributed by atoms with Gasteiger partial charge in [0.15, 0.2) is 0 Å². The quantitative estimate of drug-likeness (QED) is 0.928. The van der Waals surface area contributed by atoms with Crippen LogP contribution in [0.3, 0.4) is 0 Å². The van der Waals surface area contributed by atoms with Crippen molar-refractivity contribution < 1.29 is 0 Å². The first kappa shape index (κ1) is 14.9. The summed E-state index contributed by atoms with van der Waals surface area (Å²) in [5.74, 6) is 0.262. The minimum atomic E-state index is 0.104. The molecule has 3 rings (SSSR count). The van der Waals surface area contributed by atoms with Crippen molar-refractivity contribution in [1.82, 2.24) is 4.90 Å². The Morgan fingerprint density at radius 3 is 2.52 bits per heavy atom. The van der Waals surface area contributed by atoms with Gasteiger partial charge in [-0.05, 0) is 23.3 Å². The molecule has 0 aliphatic carbocycles. The number of rotatable bonds is 3. The van der Waals surface area contributed by atoms with Gasteiger partial charge in [-0.15, -0.1) is 0 Å². The Morgan fingerprint density at radius 1 is 1.05 bits per heavy atom. The standard InChI is InChI=1S/C17H18Cl2N2/c18-13-6-7-14(16(19)8-13)15-10-21(11-17(15)20)9-12-4-2-1-3-5-12/h1-8,15,17H,9-11,20H2/t15-,17+/m1/s1. The van der Waals surface area contributed by atoms with Crippen molar-refractivity contribution in [1.29, 1.82) is 0 Å². The monoisotopic (exact) mass is 320 g/mol. The zero-order valence-corrected chi connectivity index (χ0v) is 13.2. The maximum absolute atomic E-state index is 6.33. The van der Waals surface area contributed by atoms with Crippen molar-refractivity contribution in [2.75, 3.05) is 13.1 Å². The van der Waals surface area contributed by atoms with Gasteiger partial charge in [-0.1, -0.05) is 59.6 Å². The van der Waals surface area contributed by atoms with E-state index < -0.39 is 0 Å². The van der Waals surface area contributed by atoms with Crippen LogP contribution in [0.25, 0.3) is 0 Å². The predicted molar refractivity (Wildman–Crippen MR) is 88.9 cm³/mol. The van der Waals surface area contributed by atoms with Gasteiger partial charge in [-0.3, -0.25) is 4.90 Å². The number of hydrogen-bond donors (Lipinski definition) is 1. The Morgan fingerprint density at radius 2 is 1.81 bits per heavy atom. The molecule has 1 saturated heterocycles. The van der Waals surface area contributed by atoms with E-state index >= 15 is 0 Å². The van der Waals surface area contributed by atoms with Crippen LogP contribution >= 0.6 is 23.2 Å². The van der Waals surface area contributed by atoms with Gasteiger partial charge in [0, 0.05) is 41.6 Å². The average Bonchev–Trinajstić information content (AvgIpc) is 2.80. The van der Waals surface area contributed by atoms with Gasteiger partial charge < -0.3 is 5.73 Å². The second kappa shape index (κ2) is 6.37. The molecule has 2 aromatic rings. The first-order valence-corrected chi connectivity index (χ1v) is 7.86. The van der Waals surface area contributed by atoms with Crippen LogP contribution < -0.4 is 5.73 Å². The SMILES string of the molecule is N[C@H]1CN(Cc2ccccc2)C[C@@H]1c1ccc(Cl)cc1Cl. The van der Waals surface area contributed by atoms with Crippen LogP contribution in [0.4, 0.5) is 0 Å². The van der Waals surface area contributed by atoms with Crippen LogP contribution in [-0.4, -0.2) is 24.0 Å². The second-order valence-corrected chi connectivity index (χ2v) is 6.46. The van der Waals surface area contributed by atoms with E-state index in [0.29, 0.717) is 10.0 Å². The molecule has 2 N–H and O–H groups in total. The van der Waals surface area contributed by atoms with Crippen molar-refractivity contribution in [2.24, 2.45) is 5.73 Å². The molecule has 0 unspecified atom stereocenters. The normalized spacial score (nSPS) is 22.6. The van der Waals surface area contributed by atoms with E-state index in [2.05, 4.69) is 29.2 Å². The van der Waals surface area contributed by atoms with Crippen LogP contribution in [0.15, 0.2) is 48.5 Å². The van der Waals surface area contributed by atoms with E-state index in [0.717, 1.165) is 25.2 Å². The Balaban J connectivity index is 1.74. The van der Waals surface area contributed by atoms with E-state index in [1.807, 2.05) is 18.2 Å². The third kappa shape index (κ3) is 3.41. The smallest absolute Gasteiger partial charge is 0.0456 e. The van der Waals surface area contributed by atoms with Crippen LogP contribution in [0.2, 0.25) is 10.0 Å². The molecule has 1 heterocycles. The third-order valence-corrected chi connectivity index (χ3v) is 4.61. The molecule has 0 aromatic heterocycles. The summed E-state index contributed by atoms with van der Waals surface area (Å²) in [6.45, 7) is 2.74. The summed E-state index contributed by atoms with van der Waals surface area (Å²) < 4.78 is 0. The van der Waals surface area contributed by atoms with Crippen molar-refractivity contribution in [2.45, 2.75) is 18.5 Å². The van der Waals surface area contributed by atoms with Crippen LogP contribution in [0.5, 0.6) is 0 Å². The molecule has 1 aliphatic rings. The summed E-state index contributed by atoms with van der Waals surface area (Å²) in [6.07, 6.45) is 0. The molecule has 0 saturated carbocycles. The molecule has 110 valence electrons. The minimum Gasteiger partial charge on any atom is -0.326 e. The molecule has 2 nitrogen and oxygen atoms in total. The Labute approximate surface area is 135 Å². The largest absolute Gasteiger partial charge is 0.326 e. The van der Waals surface area contributed by atoms with E-state index in [4.69, 9.17) is 28.9 Å². The van der Waals surface area contributed by atoms with E-state index in [1.54, 1.807) is 6.07 Å². The molecule has 4 heteroatoms.